The Morgan fingerprint density at radius 2 is 1.86 bits per heavy atom. The maximum absolute atomic E-state index is 4.47. The summed E-state index contributed by atoms with van der Waals surface area (Å²) in [5.74, 6) is 1.00. The first-order chi connectivity index (χ1) is 13.1. The second kappa shape index (κ2) is 11.4. The minimum atomic E-state index is 0. The molecule has 1 N–H and O–H groups in total. The molecule has 2 aromatic rings. The van der Waals surface area contributed by atoms with Crippen molar-refractivity contribution in [1.82, 2.24) is 20.1 Å². The number of nitrogens with one attached hydrogen (secondary N) is 1. The van der Waals surface area contributed by atoms with Crippen molar-refractivity contribution >= 4 is 29.9 Å². The molecule has 1 saturated heterocycles. The summed E-state index contributed by atoms with van der Waals surface area (Å²) in [4.78, 5) is 13.7. The molecule has 2 heterocycles. The Kier molecular flexibility index (Phi) is 9.18. The van der Waals surface area contributed by atoms with Gasteiger partial charge in [-0.25, -0.2) is 0 Å². The minimum Gasteiger partial charge on any atom is -0.356 e. The number of pyridine rings is 1. The van der Waals surface area contributed by atoms with Gasteiger partial charge in [-0.15, -0.1) is 24.0 Å². The van der Waals surface area contributed by atoms with E-state index in [2.05, 4.69) is 68.4 Å². The van der Waals surface area contributed by atoms with Gasteiger partial charge in [0.2, 0.25) is 0 Å². The summed E-state index contributed by atoms with van der Waals surface area (Å²) >= 11 is 0. The molecule has 1 aliphatic rings. The average molecular weight is 493 g/mol. The minimum absolute atomic E-state index is 0. The average Bonchev–Trinajstić information content (AvgIpc) is 2.68. The highest BCUT2D eigenvalue weighted by Crippen LogP contribution is 2.10. The lowest BCUT2D eigenvalue weighted by Crippen LogP contribution is -2.52. The zero-order chi connectivity index (χ0) is 19.1. The third kappa shape index (κ3) is 6.74. The Balaban J connectivity index is 0.00000280. The van der Waals surface area contributed by atoms with Gasteiger partial charge in [0.25, 0.3) is 0 Å². The highest BCUT2D eigenvalue weighted by Gasteiger charge is 2.19. The van der Waals surface area contributed by atoms with Crippen molar-refractivity contribution in [2.75, 3.05) is 39.8 Å². The number of hydrogen-bond acceptors (Lipinski definition) is 3. The molecule has 6 heteroatoms. The number of aromatic nitrogens is 1. The van der Waals surface area contributed by atoms with Crippen molar-refractivity contribution in [3.05, 3.63) is 65.0 Å². The Hall–Kier alpha value is -1.67. The van der Waals surface area contributed by atoms with E-state index in [1.54, 1.807) is 0 Å². The lowest BCUT2D eigenvalue weighted by molar-refractivity contribution is 0.172. The molecule has 1 aliphatic heterocycles. The van der Waals surface area contributed by atoms with E-state index in [9.17, 15) is 0 Å². The zero-order valence-corrected chi connectivity index (χ0v) is 19.5. The number of nitrogens with zero attached hydrogens (tertiary/aromatic N) is 4. The molecule has 1 aromatic carbocycles. The molecule has 0 spiro atoms. The van der Waals surface area contributed by atoms with Crippen LogP contribution in [0.5, 0.6) is 0 Å². The maximum atomic E-state index is 4.47. The van der Waals surface area contributed by atoms with E-state index in [1.165, 1.54) is 16.7 Å². The number of hydrogen-bond donors (Lipinski definition) is 1. The molecule has 0 amide bonds. The molecule has 0 aliphatic carbocycles. The second-order valence-corrected chi connectivity index (χ2v) is 7.28. The van der Waals surface area contributed by atoms with Crippen LogP contribution < -0.4 is 5.32 Å². The summed E-state index contributed by atoms with van der Waals surface area (Å²) in [6, 6.07) is 13.0. The van der Waals surface area contributed by atoms with Crippen LogP contribution in [0.15, 0.2) is 47.6 Å². The van der Waals surface area contributed by atoms with Crippen molar-refractivity contribution in [2.45, 2.75) is 26.8 Å². The number of aliphatic imine (C=N–C) groups is 1. The van der Waals surface area contributed by atoms with Gasteiger partial charge in [-0.05, 0) is 37.5 Å². The molecule has 0 atom stereocenters. The molecule has 5 nitrogen and oxygen atoms in total. The second-order valence-electron chi connectivity index (χ2n) is 7.28. The van der Waals surface area contributed by atoms with Crippen molar-refractivity contribution < 1.29 is 0 Å². The smallest absolute Gasteiger partial charge is 0.193 e. The quantitative estimate of drug-likeness (QED) is 0.395. The van der Waals surface area contributed by atoms with Crippen LogP contribution in [-0.4, -0.2) is 60.5 Å². The highest BCUT2D eigenvalue weighted by atomic mass is 127. The fourth-order valence-electron chi connectivity index (χ4n) is 3.48. The van der Waals surface area contributed by atoms with Crippen LogP contribution in [0.2, 0.25) is 0 Å². The van der Waals surface area contributed by atoms with Gasteiger partial charge in [-0.3, -0.25) is 14.9 Å². The maximum Gasteiger partial charge on any atom is 0.193 e. The Morgan fingerprint density at radius 3 is 2.50 bits per heavy atom. The molecule has 1 aromatic heterocycles. The fraction of sp³-hybridized carbons (Fsp3) is 0.455. The third-order valence-electron chi connectivity index (χ3n) is 5.04. The normalized spacial score (nSPS) is 15.2. The van der Waals surface area contributed by atoms with E-state index >= 15 is 0 Å². The van der Waals surface area contributed by atoms with Crippen molar-refractivity contribution in [3.8, 4) is 0 Å². The number of rotatable bonds is 5. The molecule has 0 radical (unpaired) electrons. The van der Waals surface area contributed by atoms with Gasteiger partial charge in [0.15, 0.2) is 5.96 Å². The topological polar surface area (TPSA) is 43.8 Å². The lowest BCUT2D eigenvalue weighted by atomic mass is 10.1. The number of benzene rings is 1. The van der Waals surface area contributed by atoms with Gasteiger partial charge < -0.3 is 10.2 Å². The monoisotopic (exact) mass is 493 g/mol. The number of guanidine groups is 1. The van der Waals surface area contributed by atoms with E-state index in [0.29, 0.717) is 0 Å². The molecule has 1 fully saturated rings. The standard InChI is InChI=1S/C22H31N5.HI/c1-18-5-4-6-21(15-18)17-26-11-13-27(14-12-26)22(23-3)24-10-9-20-8-7-19(2)25-16-20;/h4-8,15-16H,9-14,17H2,1-3H3,(H,23,24);1H. The first-order valence-electron chi connectivity index (χ1n) is 9.79. The first kappa shape index (κ1) is 22.6. The first-order valence-corrected chi connectivity index (χ1v) is 9.79. The predicted octanol–water partition coefficient (Wildman–Crippen LogP) is 3.25. The van der Waals surface area contributed by atoms with Gasteiger partial charge in [-0.1, -0.05) is 35.9 Å². The van der Waals surface area contributed by atoms with Crippen molar-refractivity contribution in [3.63, 3.8) is 0 Å². The van der Waals surface area contributed by atoms with E-state index in [1.807, 2.05) is 20.2 Å². The van der Waals surface area contributed by atoms with Gasteiger partial charge in [0.05, 0.1) is 0 Å². The van der Waals surface area contributed by atoms with E-state index in [-0.39, 0.29) is 24.0 Å². The summed E-state index contributed by atoms with van der Waals surface area (Å²) in [5, 5.41) is 3.50. The molecule has 0 bridgehead atoms. The van der Waals surface area contributed by atoms with Crippen LogP contribution in [0.1, 0.15) is 22.4 Å². The third-order valence-corrected chi connectivity index (χ3v) is 5.04. The lowest BCUT2D eigenvalue weighted by Gasteiger charge is -2.36. The summed E-state index contributed by atoms with van der Waals surface area (Å²) in [5.41, 5.74) is 5.05. The van der Waals surface area contributed by atoms with Crippen molar-refractivity contribution in [1.29, 1.82) is 0 Å². The van der Waals surface area contributed by atoms with Crippen LogP contribution in [0.25, 0.3) is 0 Å². The molecular formula is C22H32IN5. The van der Waals surface area contributed by atoms with Crippen LogP contribution in [-0.2, 0) is 13.0 Å². The summed E-state index contributed by atoms with van der Waals surface area (Å²) in [6.45, 7) is 10.2. The van der Waals surface area contributed by atoms with Crippen LogP contribution in [0, 0.1) is 13.8 Å². The van der Waals surface area contributed by atoms with Crippen LogP contribution in [0.4, 0.5) is 0 Å². The van der Waals surface area contributed by atoms with Crippen molar-refractivity contribution in [2.24, 2.45) is 4.99 Å². The molecule has 152 valence electrons. The fourth-order valence-corrected chi connectivity index (χ4v) is 3.48. The number of aryl methyl sites for hydroxylation is 2. The van der Waals surface area contributed by atoms with Gasteiger partial charge >= 0.3 is 0 Å². The molecule has 28 heavy (non-hydrogen) atoms. The zero-order valence-electron chi connectivity index (χ0n) is 17.2. The van der Waals surface area contributed by atoms with E-state index in [0.717, 1.165) is 57.3 Å². The SMILES string of the molecule is CN=C(NCCc1ccc(C)nc1)N1CCN(Cc2cccc(C)c2)CC1.I. The number of piperazine rings is 1. The Bertz CT molecular complexity index is 752. The Morgan fingerprint density at radius 1 is 1.07 bits per heavy atom. The molecule has 0 saturated carbocycles. The number of halogens is 1. The van der Waals surface area contributed by atoms with Gasteiger partial charge in [-0.2, -0.15) is 0 Å². The van der Waals surface area contributed by atoms with Gasteiger partial charge in [0.1, 0.15) is 0 Å². The summed E-state index contributed by atoms with van der Waals surface area (Å²) < 4.78 is 0. The largest absolute Gasteiger partial charge is 0.356 e. The van der Waals surface area contributed by atoms with E-state index in [4.69, 9.17) is 0 Å². The molecule has 3 rings (SSSR count). The summed E-state index contributed by atoms with van der Waals surface area (Å²) in [7, 11) is 1.87. The highest BCUT2D eigenvalue weighted by molar-refractivity contribution is 14.0. The van der Waals surface area contributed by atoms with Crippen LogP contribution >= 0.6 is 24.0 Å². The molecular weight excluding hydrogens is 461 g/mol. The predicted molar refractivity (Wildman–Crippen MR) is 127 cm³/mol. The van der Waals surface area contributed by atoms with Gasteiger partial charge in [0, 0.05) is 58.2 Å². The summed E-state index contributed by atoms with van der Waals surface area (Å²) in [6.07, 6.45) is 2.92. The molecule has 0 unspecified atom stereocenters. The van der Waals surface area contributed by atoms with Crippen LogP contribution in [0.3, 0.4) is 0 Å². The Labute approximate surface area is 186 Å². The van der Waals surface area contributed by atoms with E-state index < -0.39 is 0 Å².